The summed E-state index contributed by atoms with van der Waals surface area (Å²) in [5.41, 5.74) is 18.1. The molecule has 4 heterocycles. The van der Waals surface area contributed by atoms with E-state index in [0.717, 1.165) is 63.6 Å². The summed E-state index contributed by atoms with van der Waals surface area (Å²) in [5.74, 6) is 1.35. The second-order valence-corrected chi connectivity index (χ2v) is 9.45. The Morgan fingerprint density at radius 2 is 1.47 bits per heavy atom. The lowest BCUT2D eigenvalue weighted by molar-refractivity contribution is 0.194. The number of nitrogen functional groups attached to an aromatic ring is 2. The van der Waals surface area contributed by atoms with Crippen LogP contribution in [0.4, 0.5) is 17.7 Å². The van der Waals surface area contributed by atoms with Crippen LogP contribution in [0.1, 0.15) is 24.2 Å². The molecule has 0 bridgehead atoms. The molecular formula is C18H28Cl2I2N8O2. The molecule has 0 saturated carbocycles. The average Bonchev–Trinajstić information content (AvgIpc) is 3.38. The van der Waals surface area contributed by atoms with E-state index in [9.17, 15) is 0 Å². The SMILES string of the molecule is Cc1nc(N)nc(Cl)c1I.Cc1nc(N)nc(N[C@@H]2CCOC2)c1I.Cl.N[C@H]1CCOC1. The Hall–Kier alpha value is -0.520. The highest BCUT2D eigenvalue weighted by atomic mass is 127. The first-order valence-electron chi connectivity index (χ1n) is 9.59. The number of halogens is 4. The van der Waals surface area contributed by atoms with E-state index in [4.69, 9.17) is 38.3 Å². The van der Waals surface area contributed by atoms with Gasteiger partial charge in [0, 0.05) is 19.3 Å². The molecule has 2 aliphatic heterocycles. The Morgan fingerprint density at radius 1 is 0.906 bits per heavy atom. The zero-order chi connectivity index (χ0) is 23.0. The molecule has 2 atom stereocenters. The molecular weight excluding hydrogens is 685 g/mol. The monoisotopic (exact) mass is 712 g/mol. The van der Waals surface area contributed by atoms with Gasteiger partial charge < -0.3 is 32.0 Å². The second-order valence-electron chi connectivity index (χ2n) is 6.93. The van der Waals surface area contributed by atoms with Crippen molar-refractivity contribution in [1.82, 2.24) is 19.9 Å². The van der Waals surface area contributed by atoms with Crippen LogP contribution in [0.3, 0.4) is 0 Å². The minimum atomic E-state index is 0. The molecule has 0 amide bonds. The minimum absolute atomic E-state index is 0. The van der Waals surface area contributed by atoms with Crippen molar-refractivity contribution in [3.63, 3.8) is 0 Å². The van der Waals surface area contributed by atoms with Crippen LogP contribution in [-0.4, -0.2) is 58.4 Å². The van der Waals surface area contributed by atoms with Gasteiger partial charge >= 0.3 is 0 Å². The number of anilines is 3. The lowest BCUT2D eigenvalue weighted by Crippen LogP contribution is -2.21. The van der Waals surface area contributed by atoms with E-state index < -0.39 is 0 Å². The van der Waals surface area contributed by atoms with Gasteiger partial charge in [0.25, 0.3) is 0 Å². The van der Waals surface area contributed by atoms with Gasteiger partial charge in [-0.25, -0.2) is 15.0 Å². The molecule has 0 spiro atoms. The number of nitrogens with zero attached hydrogens (tertiary/aromatic N) is 4. The average molecular weight is 713 g/mol. The predicted octanol–water partition coefficient (Wildman–Crippen LogP) is 2.95. The molecule has 2 aromatic heterocycles. The fraction of sp³-hybridized carbons (Fsp3) is 0.556. The summed E-state index contributed by atoms with van der Waals surface area (Å²) in [7, 11) is 0. The molecule has 7 N–H and O–H groups in total. The summed E-state index contributed by atoms with van der Waals surface area (Å²) in [6, 6.07) is 0.664. The molecule has 0 aliphatic carbocycles. The van der Waals surface area contributed by atoms with Gasteiger partial charge in [0.2, 0.25) is 11.9 Å². The highest BCUT2D eigenvalue weighted by Gasteiger charge is 2.18. The van der Waals surface area contributed by atoms with Crippen LogP contribution < -0.4 is 22.5 Å². The molecule has 10 nitrogen and oxygen atoms in total. The highest BCUT2D eigenvalue weighted by Crippen LogP contribution is 2.21. The van der Waals surface area contributed by atoms with E-state index in [0.29, 0.717) is 23.2 Å². The first kappa shape index (κ1) is 29.5. The number of aromatic nitrogens is 4. The first-order valence-corrected chi connectivity index (χ1v) is 12.1. The van der Waals surface area contributed by atoms with Gasteiger partial charge in [-0.3, -0.25) is 0 Å². The molecule has 14 heteroatoms. The predicted molar refractivity (Wildman–Crippen MR) is 146 cm³/mol. The van der Waals surface area contributed by atoms with E-state index in [1.165, 1.54) is 0 Å². The van der Waals surface area contributed by atoms with Gasteiger partial charge in [-0.15, -0.1) is 12.4 Å². The van der Waals surface area contributed by atoms with Crippen molar-refractivity contribution in [2.75, 3.05) is 43.2 Å². The molecule has 32 heavy (non-hydrogen) atoms. The normalized spacial score (nSPS) is 19.2. The van der Waals surface area contributed by atoms with Crippen molar-refractivity contribution >= 4 is 86.9 Å². The zero-order valence-corrected chi connectivity index (χ0v) is 23.7. The van der Waals surface area contributed by atoms with Gasteiger partial charge in [-0.05, 0) is 71.9 Å². The summed E-state index contributed by atoms with van der Waals surface area (Å²) >= 11 is 9.98. The number of rotatable bonds is 2. The van der Waals surface area contributed by atoms with E-state index in [1.807, 2.05) is 13.8 Å². The fourth-order valence-electron chi connectivity index (χ4n) is 2.62. The Bertz CT molecular complexity index is 846. The minimum Gasteiger partial charge on any atom is -0.380 e. The third-order valence-corrected chi connectivity index (χ3v) is 7.44. The highest BCUT2D eigenvalue weighted by molar-refractivity contribution is 14.1. The van der Waals surface area contributed by atoms with Gasteiger partial charge in [0.1, 0.15) is 11.0 Å². The van der Waals surface area contributed by atoms with E-state index >= 15 is 0 Å². The molecule has 2 fully saturated rings. The van der Waals surface area contributed by atoms with Crippen LogP contribution in [0.15, 0.2) is 0 Å². The van der Waals surface area contributed by atoms with Gasteiger partial charge in [-0.1, -0.05) is 11.6 Å². The lowest BCUT2D eigenvalue weighted by atomic mass is 10.2. The molecule has 2 aliphatic rings. The molecule has 180 valence electrons. The number of aryl methyl sites for hydroxylation is 2. The summed E-state index contributed by atoms with van der Waals surface area (Å²) in [6.45, 7) is 6.94. The first-order chi connectivity index (χ1) is 14.7. The van der Waals surface area contributed by atoms with Crippen LogP contribution >= 0.6 is 69.2 Å². The van der Waals surface area contributed by atoms with Crippen LogP contribution in [0.5, 0.6) is 0 Å². The molecule has 2 saturated heterocycles. The standard InChI is InChI=1S/C9H13IN4O.C5H5ClIN3.C4H9NO.ClH/c1-5-7(10)8(14-9(11)12-5)13-6-2-3-15-4-6;1-2-3(7)4(6)10-5(8)9-2;5-4-1-2-6-3-4;/h6H,2-4H2,1H3,(H3,11,12,13,14);1H3,(H2,8,9,10);4H,1-3,5H2;1H/t6-;;4-;/m1.0./s1. The Balaban J connectivity index is 0.000000260. The number of nitrogens with two attached hydrogens (primary N) is 3. The Kier molecular flexibility index (Phi) is 13.5. The molecule has 4 rings (SSSR count). The van der Waals surface area contributed by atoms with Crippen molar-refractivity contribution in [3.8, 4) is 0 Å². The van der Waals surface area contributed by atoms with Crippen LogP contribution in [-0.2, 0) is 9.47 Å². The maximum absolute atomic E-state index is 5.68. The molecule has 0 radical (unpaired) electrons. The van der Waals surface area contributed by atoms with Gasteiger partial charge in [0.05, 0.1) is 37.8 Å². The lowest BCUT2D eigenvalue weighted by Gasteiger charge is -2.13. The Labute approximate surface area is 226 Å². The summed E-state index contributed by atoms with van der Waals surface area (Å²) in [6.07, 6.45) is 2.05. The maximum atomic E-state index is 5.68. The van der Waals surface area contributed by atoms with E-state index in [-0.39, 0.29) is 18.4 Å². The quantitative estimate of drug-likeness (QED) is 0.269. The summed E-state index contributed by atoms with van der Waals surface area (Å²) in [4.78, 5) is 16.0. The zero-order valence-electron chi connectivity index (χ0n) is 17.8. The van der Waals surface area contributed by atoms with E-state index in [2.05, 4.69) is 70.4 Å². The Morgan fingerprint density at radius 3 is 1.94 bits per heavy atom. The third kappa shape index (κ3) is 9.77. The number of nitrogens with one attached hydrogen (secondary N) is 1. The fourth-order valence-corrected chi connectivity index (χ4v) is 3.48. The second kappa shape index (κ2) is 14.7. The number of hydrogen-bond donors (Lipinski definition) is 4. The summed E-state index contributed by atoms with van der Waals surface area (Å²) < 4.78 is 12.1. The number of hydrogen-bond acceptors (Lipinski definition) is 10. The van der Waals surface area contributed by atoms with Gasteiger partial charge in [-0.2, -0.15) is 4.98 Å². The molecule has 0 aromatic carbocycles. The van der Waals surface area contributed by atoms with Crippen molar-refractivity contribution in [2.45, 2.75) is 38.8 Å². The van der Waals surface area contributed by atoms with Crippen molar-refractivity contribution in [3.05, 3.63) is 23.7 Å². The van der Waals surface area contributed by atoms with Crippen LogP contribution in [0.25, 0.3) is 0 Å². The van der Waals surface area contributed by atoms with E-state index in [1.54, 1.807) is 0 Å². The van der Waals surface area contributed by atoms with Crippen LogP contribution in [0, 0.1) is 21.0 Å². The van der Waals surface area contributed by atoms with Crippen molar-refractivity contribution in [1.29, 1.82) is 0 Å². The summed E-state index contributed by atoms with van der Waals surface area (Å²) in [5, 5.41) is 3.75. The molecule has 2 aromatic rings. The topological polar surface area (TPSA) is 160 Å². The van der Waals surface area contributed by atoms with Crippen molar-refractivity contribution in [2.24, 2.45) is 5.73 Å². The number of ether oxygens (including phenoxy) is 2. The maximum Gasteiger partial charge on any atom is 0.222 e. The van der Waals surface area contributed by atoms with Gasteiger partial charge in [0.15, 0.2) is 0 Å². The smallest absolute Gasteiger partial charge is 0.222 e. The third-order valence-electron chi connectivity index (χ3n) is 4.26. The van der Waals surface area contributed by atoms with Crippen molar-refractivity contribution < 1.29 is 9.47 Å². The molecule has 0 unspecified atom stereocenters. The largest absolute Gasteiger partial charge is 0.380 e. The van der Waals surface area contributed by atoms with Crippen LogP contribution in [0.2, 0.25) is 5.15 Å².